The van der Waals surface area contributed by atoms with E-state index in [1.807, 2.05) is 57.2 Å². The van der Waals surface area contributed by atoms with Gasteiger partial charge in [-0.3, -0.25) is 10.1 Å². The summed E-state index contributed by atoms with van der Waals surface area (Å²) in [7, 11) is 0. The van der Waals surface area contributed by atoms with Crippen LogP contribution >= 0.6 is 11.3 Å². The Morgan fingerprint density at radius 1 is 1.17 bits per heavy atom. The number of aryl methyl sites for hydroxylation is 3. The van der Waals surface area contributed by atoms with Crippen LogP contribution < -0.4 is 10.1 Å². The molecule has 118 valence electrons. The first-order valence-corrected chi connectivity index (χ1v) is 8.20. The Hall–Kier alpha value is -2.40. The fraction of sp³-hybridized carbons (Fsp3) is 0.222. The monoisotopic (exact) mass is 326 g/mol. The average Bonchev–Trinajstić information content (AvgIpc) is 2.88. The van der Waals surface area contributed by atoms with E-state index >= 15 is 0 Å². The van der Waals surface area contributed by atoms with Crippen LogP contribution in [-0.2, 0) is 4.79 Å². The fourth-order valence-corrected chi connectivity index (χ4v) is 3.50. The molecule has 3 rings (SSSR count). The van der Waals surface area contributed by atoms with E-state index in [0.717, 1.165) is 27.1 Å². The molecule has 0 saturated carbocycles. The van der Waals surface area contributed by atoms with Crippen molar-refractivity contribution in [3.05, 3.63) is 53.1 Å². The molecule has 0 saturated heterocycles. The highest BCUT2D eigenvalue weighted by molar-refractivity contribution is 7.22. The number of ether oxygens (including phenoxy) is 1. The molecule has 0 aliphatic rings. The molecule has 0 aliphatic carbocycles. The van der Waals surface area contributed by atoms with Crippen molar-refractivity contribution in [1.29, 1.82) is 0 Å². The molecule has 4 nitrogen and oxygen atoms in total. The van der Waals surface area contributed by atoms with Crippen LogP contribution in [0.3, 0.4) is 0 Å². The first kappa shape index (κ1) is 15.5. The van der Waals surface area contributed by atoms with Gasteiger partial charge in [0.2, 0.25) is 0 Å². The molecule has 0 radical (unpaired) electrons. The highest BCUT2D eigenvalue weighted by Gasteiger charge is 2.10. The van der Waals surface area contributed by atoms with E-state index in [2.05, 4.69) is 10.3 Å². The minimum absolute atomic E-state index is 0.0271. The molecule has 5 heteroatoms. The number of carbonyl (C=O) groups excluding carboxylic acids is 1. The van der Waals surface area contributed by atoms with Crippen LogP contribution in [0, 0.1) is 20.8 Å². The van der Waals surface area contributed by atoms with Crippen molar-refractivity contribution in [2.75, 3.05) is 11.9 Å². The summed E-state index contributed by atoms with van der Waals surface area (Å²) in [6.45, 7) is 5.99. The molecule has 0 bridgehead atoms. The van der Waals surface area contributed by atoms with Gasteiger partial charge in [-0.15, -0.1) is 0 Å². The van der Waals surface area contributed by atoms with Crippen molar-refractivity contribution in [3.63, 3.8) is 0 Å². The molecule has 3 aromatic rings. The number of thiazole rings is 1. The zero-order chi connectivity index (χ0) is 16.4. The van der Waals surface area contributed by atoms with Crippen molar-refractivity contribution in [2.24, 2.45) is 0 Å². The summed E-state index contributed by atoms with van der Waals surface area (Å²) in [6, 6.07) is 11.9. The molecule has 1 N–H and O–H groups in total. The second kappa shape index (κ2) is 6.38. The Labute approximate surface area is 139 Å². The number of hydrogen-bond donors (Lipinski definition) is 1. The number of nitrogens with one attached hydrogen (secondary N) is 1. The smallest absolute Gasteiger partial charge is 0.264 e. The molecule has 0 aliphatic heterocycles. The summed E-state index contributed by atoms with van der Waals surface area (Å²) < 4.78 is 6.75. The molecule has 1 amide bonds. The van der Waals surface area contributed by atoms with Gasteiger partial charge in [0.05, 0.1) is 10.2 Å². The maximum Gasteiger partial charge on any atom is 0.264 e. The van der Waals surface area contributed by atoms with Crippen LogP contribution in [0.4, 0.5) is 5.13 Å². The van der Waals surface area contributed by atoms with Gasteiger partial charge < -0.3 is 4.74 Å². The van der Waals surface area contributed by atoms with E-state index in [4.69, 9.17) is 4.74 Å². The number of hydrogen-bond acceptors (Lipinski definition) is 4. The van der Waals surface area contributed by atoms with Crippen LogP contribution in [-0.4, -0.2) is 17.5 Å². The number of fused-ring (bicyclic) bond motifs is 1. The van der Waals surface area contributed by atoms with Crippen LogP contribution in [0.2, 0.25) is 0 Å². The topological polar surface area (TPSA) is 51.2 Å². The minimum Gasteiger partial charge on any atom is -0.483 e. The van der Waals surface area contributed by atoms with Crippen molar-refractivity contribution in [3.8, 4) is 5.75 Å². The van der Waals surface area contributed by atoms with Gasteiger partial charge in [-0.2, -0.15) is 0 Å². The van der Waals surface area contributed by atoms with E-state index < -0.39 is 0 Å². The minimum atomic E-state index is -0.205. The van der Waals surface area contributed by atoms with Gasteiger partial charge in [0.1, 0.15) is 5.75 Å². The average molecular weight is 326 g/mol. The zero-order valence-corrected chi connectivity index (χ0v) is 14.2. The normalized spacial score (nSPS) is 10.7. The number of carbonyl (C=O) groups is 1. The lowest BCUT2D eigenvalue weighted by atomic mass is 10.1. The zero-order valence-electron chi connectivity index (χ0n) is 13.3. The van der Waals surface area contributed by atoms with Gasteiger partial charge in [-0.1, -0.05) is 41.2 Å². The molecule has 1 aromatic heterocycles. The van der Waals surface area contributed by atoms with E-state index in [0.29, 0.717) is 5.13 Å². The highest BCUT2D eigenvalue weighted by atomic mass is 32.1. The van der Waals surface area contributed by atoms with Gasteiger partial charge in [-0.05, 0) is 44.0 Å². The molecule has 0 unspecified atom stereocenters. The molecule has 1 heterocycles. The summed E-state index contributed by atoms with van der Waals surface area (Å²) in [4.78, 5) is 16.5. The number of rotatable bonds is 4. The van der Waals surface area contributed by atoms with E-state index in [1.165, 1.54) is 16.9 Å². The Bertz CT molecular complexity index is 814. The van der Waals surface area contributed by atoms with Crippen molar-refractivity contribution >= 4 is 32.6 Å². The molecule has 0 fully saturated rings. The molecular formula is C18H18N2O2S. The number of amides is 1. The van der Waals surface area contributed by atoms with Crippen LogP contribution in [0.25, 0.3) is 10.2 Å². The van der Waals surface area contributed by atoms with Crippen molar-refractivity contribution < 1.29 is 9.53 Å². The van der Waals surface area contributed by atoms with E-state index in [9.17, 15) is 4.79 Å². The van der Waals surface area contributed by atoms with E-state index in [-0.39, 0.29) is 12.5 Å². The largest absolute Gasteiger partial charge is 0.483 e. The Kier molecular flexibility index (Phi) is 4.30. The summed E-state index contributed by atoms with van der Waals surface area (Å²) in [5, 5.41) is 3.39. The standard InChI is InChI=1S/C18H18N2O2S/c1-11-8-12(2)17(13(3)9-11)22-10-16(21)20-18-19-14-6-4-5-7-15(14)23-18/h4-9H,10H2,1-3H3,(H,19,20,21). The molecule has 23 heavy (non-hydrogen) atoms. The first-order chi connectivity index (χ1) is 11.0. The maximum absolute atomic E-state index is 12.1. The lowest BCUT2D eigenvalue weighted by molar-refractivity contribution is -0.118. The summed E-state index contributed by atoms with van der Waals surface area (Å²) in [6.07, 6.45) is 0. The second-order valence-electron chi connectivity index (χ2n) is 5.55. The first-order valence-electron chi connectivity index (χ1n) is 7.39. The maximum atomic E-state index is 12.1. The number of anilines is 1. The third-order valence-corrected chi connectivity index (χ3v) is 4.44. The third kappa shape index (κ3) is 3.51. The van der Waals surface area contributed by atoms with Gasteiger partial charge in [-0.25, -0.2) is 4.98 Å². The lowest BCUT2D eigenvalue weighted by Gasteiger charge is -2.12. The Morgan fingerprint density at radius 2 is 1.87 bits per heavy atom. The Morgan fingerprint density at radius 3 is 2.57 bits per heavy atom. The predicted molar refractivity (Wildman–Crippen MR) is 94.4 cm³/mol. The lowest BCUT2D eigenvalue weighted by Crippen LogP contribution is -2.20. The van der Waals surface area contributed by atoms with E-state index in [1.54, 1.807) is 0 Å². The SMILES string of the molecule is Cc1cc(C)c(OCC(=O)Nc2nc3ccccc3s2)c(C)c1. The summed E-state index contributed by atoms with van der Waals surface area (Å²) >= 11 is 1.46. The van der Waals surface area contributed by atoms with Gasteiger partial charge in [0.25, 0.3) is 5.91 Å². The quantitative estimate of drug-likeness (QED) is 0.780. The van der Waals surface area contributed by atoms with Crippen LogP contribution in [0.15, 0.2) is 36.4 Å². The molecular weight excluding hydrogens is 308 g/mol. The van der Waals surface area contributed by atoms with Crippen LogP contribution in [0.5, 0.6) is 5.75 Å². The number of nitrogens with zero attached hydrogens (tertiary/aromatic N) is 1. The highest BCUT2D eigenvalue weighted by Crippen LogP contribution is 2.26. The van der Waals surface area contributed by atoms with Crippen molar-refractivity contribution in [2.45, 2.75) is 20.8 Å². The summed E-state index contributed by atoms with van der Waals surface area (Å²) in [5.74, 6) is 0.568. The second-order valence-corrected chi connectivity index (χ2v) is 6.58. The third-order valence-electron chi connectivity index (χ3n) is 3.49. The molecule has 0 atom stereocenters. The van der Waals surface area contributed by atoms with Crippen LogP contribution in [0.1, 0.15) is 16.7 Å². The fourth-order valence-electron chi connectivity index (χ4n) is 2.61. The number of benzene rings is 2. The number of para-hydroxylation sites is 1. The number of aromatic nitrogens is 1. The van der Waals surface area contributed by atoms with Gasteiger partial charge >= 0.3 is 0 Å². The van der Waals surface area contributed by atoms with Gasteiger partial charge in [0.15, 0.2) is 11.7 Å². The Balaban J connectivity index is 1.66. The van der Waals surface area contributed by atoms with Crippen molar-refractivity contribution in [1.82, 2.24) is 4.98 Å². The van der Waals surface area contributed by atoms with Gasteiger partial charge in [0, 0.05) is 0 Å². The summed E-state index contributed by atoms with van der Waals surface area (Å²) in [5.41, 5.74) is 4.15. The molecule has 0 spiro atoms. The molecule has 2 aromatic carbocycles. The predicted octanol–water partition coefficient (Wildman–Crippen LogP) is 4.24.